The Labute approximate surface area is 105 Å². The van der Waals surface area contributed by atoms with Gasteiger partial charge in [0.2, 0.25) is 0 Å². The molecule has 92 valence electrons. The van der Waals surface area contributed by atoms with Crippen molar-refractivity contribution in [3.8, 4) is 0 Å². The Morgan fingerprint density at radius 3 is 3.00 bits per heavy atom. The van der Waals surface area contributed by atoms with E-state index < -0.39 is 0 Å². The number of benzene rings is 1. The first-order valence-electron chi connectivity index (χ1n) is 5.58. The Balaban J connectivity index is 2.12. The average molecular weight is 255 g/mol. The van der Waals surface area contributed by atoms with Gasteiger partial charge in [-0.15, -0.1) is 0 Å². The number of carbonyl (C=O) groups excluding carboxylic acids is 1. The molecule has 4 nitrogen and oxygen atoms in total. The Kier molecular flexibility index (Phi) is 3.99. The molecular weight excluding hydrogens is 240 g/mol. The summed E-state index contributed by atoms with van der Waals surface area (Å²) in [5.41, 5.74) is 6.08. The van der Waals surface area contributed by atoms with Gasteiger partial charge >= 0.3 is 0 Å². The number of amides is 1. The third-order valence-corrected chi connectivity index (χ3v) is 3.12. The van der Waals surface area contributed by atoms with Crippen LogP contribution < -0.4 is 5.73 Å². The molecule has 0 radical (unpaired) electrons. The lowest BCUT2D eigenvalue weighted by Crippen LogP contribution is -2.48. The molecule has 1 saturated heterocycles. The van der Waals surface area contributed by atoms with E-state index in [1.54, 1.807) is 29.2 Å². The van der Waals surface area contributed by atoms with E-state index in [1.807, 2.05) is 0 Å². The molecule has 1 heterocycles. The first kappa shape index (κ1) is 12.4. The van der Waals surface area contributed by atoms with E-state index in [1.165, 1.54) is 0 Å². The molecule has 1 aromatic carbocycles. The minimum atomic E-state index is -0.0739. The van der Waals surface area contributed by atoms with E-state index in [2.05, 4.69) is 0 Å². The molecule has 5 heteroatoms. The Bertz CT molecular complexity index is 411. The molecule has 1 amide bonds. The summed E-state index contributed by atoms with van der Waals surface area (Å²) in [6.45, 7) is 2.06. The summed E-state index contributed by atoms with van der Waals surface area (Å²) in [4.78, 5) is 14.0. The summed E-state index contributed by atoms with van der Waals surface area (Å²) in [6, 6.07) is 7.06. The minimum absolute atomic E-state index is 0.0580. The number of nitrogens with zero attached hydrogens (tertiary/aromatic N) is 1. The molecule has 0 spiro atoms. The van der Waals surface area contributed by atoms with Crippen LogP contribution in [-0.4, -0.2) is 43.2 Å². The number of hydrogen-bond donors (Lipinski definition) is 1. The van der Waals surface area contributed by atoms with Gasteiger partial charge in [0.15, 0.2) is 0 Å². The zero-order valence-corrected chi connectivity index (χ0v) is 10.2. The lowest BCUT2D eigenvalue weighted by atomic mass is 10.1. The average Bonchev–Trinajstić information content (AvgIpc) is 2.38. The quantitative estimate of drug-likeness (QED) is 0.861. The first-order chi connectivity index (χ1) is 8.22. The second kappa shape index (κ2) is 5.49. The number of rotatable bonds is 2. The fourth-order valence-corrected chi connectivity index (χ4v) is 2.07. The zero-order valence-electron chi connectivity index (χ0n) is 9.43. The topological polar surface area (TPSA) is 55.6 Å². The molecule has 0 aliphatic carbocycles. The first-order valence-corrected chi connectivity index (χ1v) is 5.95. The predicted octanol–water partition coefficient (Wildman–Crippen LogP) is 1.14. The number of nitrogens with two attached hydrogens (primary N) is 1. The van der Waals surface area contributed by atoms with E-state index in [9.17, 15) is 4.79 Å². The van der Waals surface area contributed by atoms with Crippen molar-refractivity contribution in [2.45, 2.75) is 6.10 Å². The molecule has 2 N–H and O–H groups in total. The van der Waals surface area contributed by atoms with Crippen molar-refractivity contribution in [3.63, 3.8) is 0 Å². The van der Waals surface area contributed by atoms with Gasteiger partial charge in [0.25, 0.3) is 5.91 Å². The van der Waals surface area contributed by atoms with Gasteiger partial charge in [0.05, 0.1) is 23.3 Å². The smallest absolute Gasteiger partial charge is 0.255 e. The maximum absolute atomic E-state index is 12.2. The number of ether oxygens (including phenoxy) is 1. The van der Waals surface area contributed by atoms with Crippen molar-refractivity contribution < 1.29 is 9.53 Å². The van der Waals surface area contributed by atoms with E-state index >= 15 is 0 Å². The SMILES string of the molecule is NC[C@@H]1CN(C(=O)c2ccccc2Cl)CCO1. The molecular formula is C12H15ClN2O2. The van der Waals surface area contributed by atoms with Crippen LogP contribution in [0.1, 0.15) is 10.4 Å². The number of morpholine rings is 1. The van der Waals surface area contributed by atoms with Gasteiger partial charge in [-0.25, -0.2) is 0 Å². The van der Waals surface area contributed by atoms with Crippen molar-refractivity contribution in [1.82, 2.24) is 4.90 Å². The minimum Gasteiger partial charge on any atom is -0.373 e. The second-order valence-corrected chi connectivity index (χ2v) is 4.37. The van der Waals surface area contributed by atoms with Gasteiger partial charge in [-0.3, -0.25) is 4.79 Å². The summed E-state index contributed by atoms with van der Waals surface area (Å²) in [5.74, 6) is -0.0580. The molecule has 0 bridgehead atoms. The number of halogens is 1. The third-order valence-electron chi connectivity index (χ3n) is 2.79. The molecule has 0 unspecified atom stereocenters. The van der Waals surface area contributed by atoms with Crippen LogP contribution in [-0.2, 0) is 4.74 Å². The van der Waals surface area contributed by atoms with Crippen LogP contribution in [0.3, 0.4) is 0 Å². The lowest BCUT2D eigenvalue weighted by molar-refractivity contribution is -0.0167. The predicted molar refractivity (Wildman–Crippen MR) is 66.1 cm³/mol. The summed E-state index contributed by atoms with van der Waals surface area (Å²) in [7, 11) is 0. The van der Waals surface area contributed by atoms with Crippen LogP contribution in [0.2, 0.25) is 5.02 Å². The van der Waals surface area contributed by atoms with Crippen LogP contribution in [0.15, 0.2) is 24.3 Å². The Hall–Kier alpha value is -1.10. The highest BCUT2D eigenvalue weighted by atomic mass is 35.5. The standard InChI is InChI=1S/C12H15ClN2O2/c13-11-4-2-1-3-10(11)12(16)15-5-6-17-9(7-14)8-15/h1-4,9H,5-8,14H2/t9-/m1/s1. The van der Waals surface area contributed by atoms with Crippen LogP contribution in [0.4, 0.5) is 0 Å². The summed E-state index contributed by atoms with van der Waals surface area (Å²) < 4.78 is 5.42. The zero-order chi connectivity index (χ0) is 12.3. The maximum atomic E-state index is 12.2. The van der Waals surface area contributed by atoms with Crippen LogP contribution in [0.5, 0.6) is 0 Å². The molecule has 1 aliphatic heterocycles. The molecule has 2 rings (SSSR count). The molecule has 0 saturated carbocycles. The summed E-state index contributed by atoms with van der Waals surface area (Å²) in [5, 5.41) is 0.480. The van der Waals surface area contributed by atoms with Gasteiger partial charge in [-0.05, 0) is 12.1 Å². The normalized spacial score (nSPS) is 20.4. The van der Waals surface area contributed by atoms with Crippen molar-refractivity contribution in [2.75, 3.05) is 26.2 Å². The molecule has 1 fully saturated rings. The maximum Gasteiger partial charge on any atom is 0.255 e. The molecule has 17 heavy (non-hydrogen) atoms. The van der Waals surface area contributed by atoms with Crippen LogP contribution in [0, 0.1) is 0 Å². The highest BCUT2D eigenvalue weighted by molar-refractivity contribution is 6.33. The van der Waals surface area contributed by atoms with E-state index in [0.717, 1.165) is 0 Å². The molecule has 1 aromatic rings. The van der Waals surface area contributed by atoms with Gasteiger partial charge < -0.3 is 15.4 Å². The summed E-state index contributed by atoms with van der Waals surface area (Å²) >= 11 is 6.01. The van der Waals surface area contributed by atoms with Crippen molar-refractivity contribution in [3.05, 3.63) is 34.9 Å². The second-order valence-electron chi connectivity index (χ2n) is 3.96. The third kappa shape index (κ3) is 2.77. The van der Waals surface area contributed by atoms with Crippen molar-refractivity contribution >= 4 is 17.5 Å². The number of carbonyl (C=O) groups is 1. The van der Waals surface area contributed by atoms with Gasteiger partial charge in [-0.1, -0.05) is 23.7 Å². The van der Waals surface area contributed by atoms with Gasteiger partial charge in [-0.2, -0.15) is 0 Å². The van der Waals surface area contributed by atoms with E-state index in [0.29, 0.717) is 36.8 Å². The fourth-order valence-electron chi connectivity index (χ4n) is 1.85. The molecule has 0 aromatic heterocycles. The van der Waals surface area contributed by atoms with E-state index in [4.69, 9.17) is 22.1 Å². The highest BCUT2D eigenvalue weighted by Crippen LogP contribution is 2.18. The monoisotopic (exact) mass is 254 g/mol. The van der Waals surface area contributed by atoms with Crippen LogP contribution in [0.25, 0.3) is 0 Å². The molecule has 1 atom stereocenters. The Morgan fingerprint density at radius 1 is 1.53 bits per heavy atom. The van der Waals surface area contributed by atoms with Crippen LogP contribution >= 0.6 is 11.6 Å². The highest BCUT2D eigenvalue weighted by Gasteiger charge is 2.25. The van der Waals surface area contributed by atoms with Crippen molar-refractivity contribution in [1.29, 1.82) is 0 Å². The van der Waals surface area contributed by atoms with Gasteiger partial charge in [0.1, 0.15) is 0 Å². The van der Waals surface area contributed by atoms with Crippen molar-refractivity contribution in [2.24, 2.45) is 5.73 Å². The summed E-state index contributed by atoms with van der Waals surface area (Å²) in [6.07, 6.45) is -0.0739. The lowest BCUT2D eigenvalue weighted by Gasteiger charge is -2.32. The van der Waals surface area contributed by atoms with E-state index in [-0.39, 0.29) is 12.0 Å². The van der Waals surface area contributed by atoms with Gasteiger partial charge in [0, 0.05) is 19.6 Å². The molecule has 1 aliphatic rings. The fraction of sp³-hybridized carbons (Fsp3) is 0.417. The number of hydrogen-bond acceptors (Lipinski definition) is 3. The Morgan fingerprint density at radius 2 is 2.29 bits per heavy atom. The largest absolute Gasteiger partial charge is 0.373 e.